The number of amides is 1. The summed E-state index contributed by atoms with van der Waals surface area (Å²) < 4.78 is 14.5. The minimum absolute atomic E-state index is 0.190. The molecule has 0 saturated carbocycles. The molecule has 156 valence electrons. The average Bonchev–Trinajstić information content (AvgIpc) is 3.17. The maximum atomic E-state index is 12.4. The van der Waals surface area contributed by atoms with Crippen molar-refractivity contribution >= 4 is 77.5 Å². The van der Waals surface area contributed by atoms with E-state index in [0.717, 1.165) is 25.5 Å². The van der Waals surface area contributed by atoms with Gasteiger partial charge in [-0.05, 0) is 82.8 Å². The predicted molar refractivity (Wildman–Crippen MR) is 137 cm³/mol. The minimum Gasteiger partial charge on any atom is -0.488 e. The highest BCUT2D eigenvalue weighted by Crippen LogP contribution is 2.24. The van der Waals surface area contributed by atoms with Crippen LogP contribution in [0.25, 0.3) is 11.0 Å². The fourth-order valence-corrected chi connectivity index (χ4v) is 3.95. The average molecular weight is 654 g/mol. The molecule has 0 fully saturated rings. The zero-order valence-electron chi connectivity index (χ0n) is 15.9. The number of halogens is 3. The number of carbonyl (C=O) groups is 1. The number of benzene rings is 3. The molecule has 1 amide bonds. The molecule has 4 aromatic rings. The molecular weight excluding hydrogens is 639 g/mol. The van der Waals surface area contributed by atoms with Crippen molar-refractivity contribution in [2.45, 2.75) is 6.61 Å². The Balaban J connectivity index is 1.45. The first-order valence-corrected chi connectivity index (χ1v) is 11.8. The Labute approximate surface area is 209 Å². The molecule has 1 aromatic heterocycles. The standard InChI is InChI=1S/C23H15Br2IN2O3/c24-17-4-8-21-15(9-17)11-22(31-21)23(29)28-27-12-16-10-18(25)3-7-20(16)30-13-14-1-5-19(26)6-2-14/h1-12H,13H2,(H,28,29)/b27-12+. The monoisotopic (exact) mass is 652 g/mol. The first-order chi connectivity index (χ1) is 15.0. The van der Waals surface area contributed by atoms with E-state index >= 15 is 0 Å². The first kappa shape index (κ1) is 22.0. The van der Waals surface area contributed by atoms with Gasteiger partial charge in [0.2, 0.25) is 0 Å². The molecule has 1 heterocycles. The second kappa shape index (κ2) is 9.97. The Morgan fingerprint density at radius 3 is 2.58 bits per heavy atom. The van der Waals surface area contributed by atoms with Crippen molar-refractivity contribution in [2.24, 2.45) is 5.10 Å². The highest BCUT2D eigenvalue weighted by Gasteiger charge is 2.12. The summed E-state index contributed by atoms with van der Waals surface area (Å²) in [4.78, 5) is 12.4. The van der Waals surface area contributed by atoms with E-state index in [2.05, 4.69) is 65.0 Å². The maximum absolute atomic E-state index is 12.4. The SMILES string of the molecule is O=C(N/N=C/c1cc(Br)ccc1OCc1ccc(I)cc1)c1cc2cc(Br)ccc2o1. The van der Waals surface area contributed by atoms with Crippen LogP contribution >= 0.6 is 54.5 Å². The van der Waals surface area contributed by atoms with E-state index in [1.165, 1.54) is 3.57 Å². The Hall–Kier alpha value is -2.17. The molecule has 8 heteroatoms. The zero-order valence-corrected chi connectivity index (χ0v) is 21.3. The molecule has 5 nitrogen and oxygen atoms in total. The van der Waals surface area contributed by atoms with E-state index in [4.69, 9.17) is 9.15 Å². The van der Waals surface area contributed by atoms with Crippen LogP contribution in [0.15, 0.2) is 85.2 Å². The van der Waals surface area contributed by atoms with E-state index in [1.807, 2.05) is 54.6 Å². The Morgan fingerprint density at radius 2 is 1.77 bits per heavy atom. The number of hydrazone groups is 1. The summed E-state index contributed by atoms with van der Waals surface area (Å²) in [5, 5.41) is 4.91. The van der Waals surface area contributed by atoms with Gasteiger partial charge in [0.15, 0.2) is 5.76 Å². The molecule has 0 aliphatic rings. The lowest BCUT2D eigenvalue weighted by Crippen LogP contribution is -2.16. The highest BCUT2D eigenvalue weighted by molar-refractivity contribution is 14.1. The largest absolute Gasteiger partial charge is 0.488 e. The van der Waals surface area contributed by atoms with E-state index in [-0.39, 0.29) is 5.76 Å². The lowest BCUT2D eigenvalue weighted by Gasteiger charge is -2.10. The van der Waals surface area contributed by atoms with Crippen LogP contribution in [0.2, 0.25) is 0 Å². The van der Waals surface area contributed by atoms with Gasteiger partial charge in [-0.3, -0.25) is 4.79 Å². The van der Waals surface area contributed by atoms with Gasteiger partial charge in [-0.1, -0.05) is 44.0 Å². The molecule has 0 saturated heterocycles. The van der Waals surface area contributed by atoms with Crippen molar-refractivity contribution in [3.63, 3.8) is 0 Å². The fraction of sp³-hybridized carbons (Fsp3) is 0.0435. The lowest BCUT2D eigenvalue weighted by molar-refractivity contribution is 0.0929. The van der Waals surface area contributed by atoms with Gasteiger partial charge in [-0.15, -0.1) is 0 Å². The molecule has 31 heavy (non-hydrogen) atoms. The molecule has 3 aromatic carbocycles. The summed E-state index contributed by atoms with van der Waals surface area (Å²) in [6, 6.07) is 21.0. The third-order valence-corrected chi connectivity index (χ3v) is 6.06. The second-order valence-corrected chi connectivity index (χ2v) is 9.67. The van der Waals surface area contributed by atoms with Gasteiger partial charge in [0, 0.05) is 23.5 Å². The Morgan fingerprint density at radius 1 is 1.03 bits per heavy atom. The van der Waals surface area contributed by atoms with Gasteiger partial charge in [-0.25, -0.2) is 5.43 Å². The zero-order chi connectivity index (χ0) is 21.8. The summed E-state index contributed by atoms with van der Waals surface area (Å²) in [7, 11) is 0. The van der Waals surface area contributed by atoms with E-state index in [1.54, 1.807) is 18.3 Å². The van der Waals surface area contributed by atoms with Gasteiger partial charge in [0.25, 0.3) is 0 Å². The maximum Gasteiger partial charge on any atom is 0.307 e. The van der Waals surface area contributed by atoms with Crippen molar-refractivity contribution in [1.82, 2.24) is 5.43 Å². The van der Waals surface area contributed by atoms with Gasteiger partial charge in [0.1, 0.15) is 17.9 Å². The number of nitrogens with zero attached hydrogens (tertiary/aromatic N) is 1. The van der Waals surface area contributed by atoms with Crippen LogP contribution in [0, 0.1) is 3.57 Å². The van der Waals surface area contributed by atoms with Crippen LogP contribution in [0.5, 0.6) is 5.75 Å². The van der Waals surface area contributed by atoms with Crippen LogP contribution < -0.4 is 10.2 Å². The number of ether oxygens (including phenoxy) is 1. The number of nitrogens with one attached hydrogen (secondary N) is 1. The molecule has 0 bridgehead atoms. The van der Waals surface area contributed by atoms with Gasteiger partial charge in [0.05, 0.1) is 6.21 Å². The number of rotatable bonds is 6. The van der Waals surface area contributed by atoms with Crippen LogP contribution in [0.4, 0.5) is 0 Å². The van der Waals surface area contributed by atoms with Crippen LogP contribution in [-0.4, -0.2) is 12.1 Å². The van der Waals surface area contributed by atoms with Crippen molar-refractivity contribution in [1.29, 1.82) is 0 Å². The molecule has 4 rings (SSSR count). The van der Waals surface area contributed by atoms with E-state index in [0.29, 0.717) is 17.9 Å². The topological polar surface area (TPSA) is 63.8 Å². The molecular formula is C23H15Br2IN2O3. The molecule has 0 aliphatic heterocycles. The van der Waals surface area contributed by atoms with Gasteiger partial charge in [-0.2, -0.15) is 5.10 Å². The van der Waals surface area contributed by atoms with E-state index < -0.39 is 5.91 Å². The normalized spacial score (nSPS) is 11.2. The molecule has 0 atom stereocenters. The molecule has 0 aliphatic carbocycles. The van der Waals surface area contributed by atoms with Gasteiger partial charge < -0.3 is 9.15 Å². The van der Waals surface area contributed by atoms with Crippen molar-refractivity contribution in [2.75, 3.05) is 0 Å². The summed E-state index contributed by atoms with van der Waals surface area (Å²) in [5.41, 5.74) is 4.93. The first-order valence-electron chi connectivity index (χ1n) is 9.17. The highest BCUT2D eigenvalue weighted by atomic mass is 127. The van der Waals surface area contributed by atoms with Crippen LogP contribution in [-0.2, 0) is 6.61 Å². The minimum atomic E-state index is -0.431. The predicted octanol–water partition coefficient (Wildman–Crippen LogP) is 6.91. The Bertz CT molecular complexity index is 1270. The molecule has 1 N–H and O–H groups in total. The van der Waals surface area contributed by atoms with Crippen molar-refractivity contribution < 1.29 is 13.9 Å². The summed E-state index contributed by atoms with van der Waals surface area (Å²) in [5.74, 6) is 0.419. The summed E-state index contributed by atoms with van der Waals surface area (Å²) in [6.45, 7) is 0.431. The van der Waals surface area contributed by atoms with Crippen LogP contribution in [0.1, 0.15) is 21.7 Å². The van der Waals surface area contributed by atoms with Crippen molar-refractivity contribution in [3.05, 3.63) is 96.1 Å². The molecule has 0 radical (unpaired) electrons. The fourth-order valence-electron chi connectivity index (χ4n) is 2.84. The van der Waals surface area contributed by atoms with Gasteiger partial charge >= 0.3 is 5.91 Å². The number of furan rings is 1. The smallest absolute Gasteiger partial charge is 0.307 e. The number of hydrogen-bond acceptors (Lipinski definition) is 4. The lowest BCUT2D eigenvalue weighted by atomic mass is 10.2. The quantitative estimate of drug-likeness (QED) is 0.140. The molecule has 0 unspecified atom stereocenters. The second-order valence-electron chi connectivity index (χ2n) is 6.59. The summed E-state index contributed by atoms with van der Waals surface area (Å²) in [6.07, 6.45) is 1.55. The molecule has 0 spiro atoms. The third-order valence-electron chi connectivity index (χ3n) is 4.35. The number of hydrogen-bond donors (Lipinski definition) is 1. The third kappa shape index (κ3) is 5.75. The number of carbonyl (C=O) groups excluding carboxylic acids is 1. The van der Waals surface area contributed by atoms with Crippen LogP contribution in [0.3, 0.4) is 0 Å². The Kier molecular flexibility index (Phi) is 7.09. The van der Waals surface area contributed by atoms with Crippen molar-refractivity contribution in [3.8, 4) is 5.75 Å². The summed E-state index contributed by atoms with van der Waals surface area (Å²) >= 11 is 9.14. The number of fused-ring (bicyclic) bond motifs is 1. The van der Waals surface area contributed by atoms with E-state index in [9.17, 15) is 4.79 Å².